The van der Waals surface area contributed by atoms with Crippen LogP contribution in [-0.4, -0.2) is 37.7 Å². The molecule has 2 aromatic carbocycles. The highest BCUT2D eigenvalue weighted by atomic mass is 127. The van der Waals surface area contributed by atoms with Crippen LogP contribution in [0.5, 0.6) is 23.0 Å². The Labute approximate surface area is 241 Å². The first-order chi connectivity index (χ1) is 18.9. The summed E-state index contributed by atoms with van der Waals surface area (Å²) in [5.74, 6) is 1.78. The summed E-state index contributed by atoms with van der Waals surface area (Å²) in [5, 5.41) is 0. The predicted octanol–water partition coefficient (Wildman–Crippen LogP) is 3.71. The number of nitrogens with zero attached hydrogens (tertiary/aromatic N) is 2. The Morgan fingerprint density at radius 3 is 2.82 bits per heavy atom. The number of rotatable bonds is 8. The molecular formula is C28H25IN2O7S. The van der Waals surface area contributed by atoms with Gasteiger partial charge < -0.3 is 23.7 Å². The fraction of sp³-hybridized carbons (Fsp3) is 0.250. The van der Waals surface area contributed by atoms with Crippen molar-refractivity contribution in [2.75, 3.05) is 27.1 Å². The van der Waals surface area contributed by atoms with Crippen LogP contribution in [0.25, 0.3) is 6.08 Å². The number of hydrogen-bond donors (Lipinski definition) is 0. The Balaban J connectivity index is 1.67. The van der Waals surface area contributed by atoms with E-state index in [2.05, 4.69) is 34.2 Å². The maximum absolute atomic E-state index is 13.9. The quantitative estimate of drug-likeness (QED) is 0.207. The van der Waals surface area contributed by atoms with E-state index in [1.165, 1.54) is 15.9 Å². The van der Waals surface area contributed by atoms with Crippen LogP contribution < -0.4 is 33.8 Å². The van der Waals surface area contributed by atoms with Gasteiger partial charge in [-0.2, -0.15) is 0 Å². The van der Waals surface area contributed by atoms with Crippen LogP contribution in [0.1, 0.15) is 31.0 Å². The van der Waals surface area contributed by atoms with Crippen molar-refractivity contribution in [3.63, 3.8) is 0 Å². The molecule has 39 heavy (non-hydrogen) atoms. The number of allylic oxidation sites excluding steroid dienone is 1. The van der Waals surface area contributed by atoms with E-state index in [9.17, 15) is 9.59 Å². The maximum atomic E-state index is 13.9. The van der Waals surface area contributed by atoms with Gasteiger partial charge >= 0.3 is 5.97 Å². The van der Waals surface area contributed by atoms with Crippen LogP contribution in [0.15, 0.2) is 64.0 Å². The Bertz CT molecular complexity index is 1690. The van der Waals surface area contributed by atoms with Crippen LogP contribution in [0, 0.1) is 3.57 Å². The fourth-order valence-electron chi connectivity index (χ4n) is 4.45. The first-order valence-electron chi connectivity index (χ1n) is 12.1. The number of methoxy groups -OCH3 is 1. The van der Waals surface area contributed by atoms with Gasteiger partial charge in [-0.15, -0.1) is 0 Å². The summed E-state index contributed by atoms with van der Waals surface area (Å²) in [4.78, 5) is 32.1. The third kappa shape index (κ3) is 5.08. The van der Waals surface area contributed by atoms with Crippen molar-refractivity contribution in [2.24, 2.45) is 4.99 Å². The first-order valence-corrected chi connectivity index (χ1v) is 14.0. The molecule has 0 N–H and O–H groups in total. The van der Waals surface area contributed by atoms with Crippen molar-refractivity contribution in [1.29, 1.82) is 0 Å². The molecule has 0 aliphatic carbocycles. The monoisotopic (exact) mass is 660 g/mol. The summed E-state index contributed by atoms with van der Waals surface area (Å²) in [6.45, 7) is 7.82. The molecule has 1 aromatic heterocycles. The van der Waals surface area contributed by atoms with Gasteiger partial charge in [-0.25, -0.2) is 9.79 Å². The van der Waals surface area contributed by atoms with Gasteiger partial charge in [-0.3, -0.25) is 9.36 Å². The van der Waals surface area contributed by atoms with E-state index in [1.54, 1.807) is 45.2 Å². The lowest BCUT2D eigenvalue weighted by molar-refractivity contribution is -0.139. The summed E-state index contributed by atoms with van der Waals surface area (Å²) >= 11 is 3.42. The number of carbonyl (C=O) groups is 1. The molecule has 0 saturated carbocycles. The zero-order chi connectivity index (χ0) is 27.7. The van der Waals surface area contributed by atoms with Crippen molar-refractivity contribution in [3.8, 4) is 23.0 Å². The van der Waals surface area contributed by atoms with Gasteiger partial charge in [0.15, 0.2) is 27.8 Å². The zero-order valence-electron chi connectivity index (χ0n) is 21.5. The van der Waals surface area contributed by atoms with E-state index >= 15 is 0 Å². The Hall–Kier alpha value is -3.58. The highest BCUT2D eigenvalue weighted by Gasteiger charge is 2.34. The number of carbonyl (C=O) groups excluding carboxylic acids is 1. The molecule has 0 bridgehead atoms. The van der Waals surface area contributed by atoms with E-state index in [0.29, 0.717) is 55.8 Å². The van der Waals surface area contributed by atoms with Gasteiger partial charge in [0.1, 0.15) is 6.61 Å². The second kappa shape index (κ2) is 11.3. The molecule has 2 aliphatic heterocycles. The van der Waals surface area contributed by atoms with Crippen molar-refractivity contribution >= 4 is 46.0 Å². The second-order valence-electron chi connectivity index (χ2n) is 8.55. The number of fused-ring (bicyclic) bond motifs is 2. The van der Waals surface area contributed by atoms with Crippen LogP contribution >= 0.6 is 33.9 Å². The van der Waals surface area contributed by atoms with Crippen molar-refractivity contribution in [3.05, 3.63) is 88.6 Å². The number of ether oxygens (including phenoxy) is 5. The van der Waals surface area contributed by atoms with Crippen LogP contribution in [0.4, 0.5) is 0 Å². The molecule has 0 fully saturated rings. The van der Waals surface area contributed by atoms with E-state index in [4.69, 9.17) is 23.7 Å². The number of esters is 1. The minimum Gasteiger partial charge on any atom is -0.493 e. The second-order valence-corrected chi connectivity index (χ2v) is 10.7. The average Bonchev–Trinajstić information content (AvgIpc) is 3.50. The first kappa shape index (κ1) is 27.0. The molecular weight excluding hydrogens is 635 g/mol. The summed E-state index contributed by atoms with van der Waals surface area (Å²) in [6.07, 6.45) is 3.44. The lowest BCUT2D eigenvalue weighted by Crippen LogP contribution is -2.39. The summed E-state index contributed by atoms with van der Waals surface area (Å²) in [5.41, 5.74) is 1.95. The summed E-state index contributed by atoms with van der Waals surface area (Å²) in [7, 11) is 1.56. The smallest absolute Gasteiger partial charge is 0.338 e. The molecule has 3 aromatic rings. The summed E-state index contributed by atoms with van der Waals surface area (Å²) in [6, 6.07) is 8.35. The normalized spacial score (nSPS) is 16.0. The largest absolute Gasteiger partial charge is 0.493 e. The van der Waals surface area contributed by atoms with Gasteiger partial charge in [-0.1, -0.05) is 30.1 Å². The van der Waals surface area contributed by atoms with Crippen LogP contribution in [0.3, 0.4) is 0 Å². The lowest BCUT2D eigenvalue weighted by atomic mass is 9.95. The highest BCUT2D eigenvalue weighted by molar-refractivity contribution is 14.1. The minimum absolute atomic E-state index is 0.112. The number of thiazole rings is 1. The SMILES string of the molecule is C=CCOc1c(I)cc(C=c2sc3n(c2=O)C(c2ccc4c(c2)OCO4)C(C(=O)OCC)=C(C)N=3)cc1OC. The molecule has 11 heteroatoms. The Morgan fingerprint density at radius 2 is 2.08 bits per heavy atom. The number of benzene rings is 2. The Morgan fingerprint density at radius 1 is 1.28 bits per heavy atom. The topological polar surface area (TPSA) is 97.6 Å². The molecule has 0 spiro atoms. The van der Waals surface area contributed by atoms with Crippen molar-refractivity contribution in [2.45, 2.75) is 19.9 Å². The molecule has 0 amide bonds. The maximum Gasteiger partial charge on any atom is 0.338 e. The molecule has 3 heterocycles. The van der Waals surface area contributed by atoms with E-state index in [-0.39, 0.29) is 19.0 Å². The molecule has 1 unspecified atom stereocenters. The van der Waals surface area contributed by atoms with Gasteiger partial charge in [0.05, 0.1) is 39.1 Å². The number of hydrogen-bond acceptors (Lipinski definition) is 9. The highest BCUT2D eigenvalue weighted by Crippen LogP contribution is 2.38. The number of aromatic nitrogens is 1. The van der Waals surface area contributed by atoms with Crippen molar-refractivity contribution < 1.29 is 28.5 Å². The minimum atomic E-state index is -0.749. The van der Waals surface area contributed by atoms with E-state index in [1.807, 2.05) is 18.2 Å². The molecule has 1 atom stereocenters. The standard InChI is InChI=1S/C28H25IN2O7S/c1-5-9-36-25-18(29)10-16(11-21(25)34-4)12-22-26(32)31-24(17-7-8-19-20(13-17)38-14-37-19)23(27(33)35-6-2)15(3)30-28(31)39-22/h5,7-8,10-13,24H,1,6,9,14H2,2-4H3. The molecule has 2 aliphatic rings. The molecule has 202 valence electrons. The van der Waals surface area contributed by atoms with Gasteiger partial charge in [0.2, 0.25) is 6.79 Å². The predicted molar refractivity (Wildman–Crippen MR) is 154 cm³/mol. The van der Waals surface area contributed by atoms with Gasteiger partial charge in [0, 0.05) is 0 Å². The average molecular weight is 660 g/mol. The zero-order valence-corrected chi connectivity index (χ0v) is 24.5. The molecule has 0 saturated heterocycles. The van der Waals surface area contributed by atoms with Crippen LogP contribution in [0.2, 0.25) is 0 Å². The van der Waals surface area contributed by atoms with Gasteiger partial charge in [-0.05, 0) is 77.9 Å². The third-order valence-corrected chi connectivity index (χ3v) is 7.91. The summed E-state index contributed by atoms with van der Waals surface area (Å²) < 4.78 is 30.5. The Kier molecular flexibility index (Phi) is 7.80. The molecule has 5 rings (SSSR count). The third-order valence-electron chi connectivity index (χ3n) is 6.12. The van der Waals surface area contributed by atoms with E-state index < -0.39 is 12.0 Å². The van der Waals surface area contributed by atoms with Crippen molar-refractivity contribution in [1.82, 2.24) is 4.57 Å². The fourth-order valence-corrected chi connectivity index (χ4v) is 6.27. The molecule has 9 nitrogen and oxygen atoms in total. The van der Waals surface area contributed by atoms with E-state index in [0.717, 1.165) is 9.13 Å². The number of halogens is 1. The lowest BCUT2D eigenvalue weighted by Gasteiger charge is -2.24. The van der Waals surface area contributed by atoms with Gasteiger partial charge in [0.25, 0.3) is 5.56 Å². The molecule has 0 radical (unpaired) electrons. The van der Waals surface area contributed by atoms with Crippen LogP contribution in [-0.2, 0) is 9.53 Å².